The molecule has 3 rings (SSSR count). The molecule has 9 heteroatoms. The first-order valence-corrected chi connectivity index (χ1v) is 8.92. The van der Waals surface area contributed by atoms with Gasteiger partial charge in [0.15, 0.2) is 16.7 Å². The summed E-state index contributed by atoms with van der Waals surface area (Å²) in [4.78, 5) is 32.5. The minimum absolute atomic E-state index is 0.0733. The number of carbonyl (C=O) groups is 2. The van der Waals surface area contributed by atoms with Gasteiger partial charge in [-0.25, -0.2) is 9.97 Å². The predicted molar refractivity (Wildman–Crippen MR) is 94.9 cm³/mol. The van der Waals surface area contributed by atoms with E-state index in [4.69, 9.17) is 9.47 Å². The average molecular weight is 374 g/mol. The number of para-hydroxylation sites is 2. The zero-order valence-electron chi connectivity index (χ0n) is 14.3. The Bertz CT molecular complexity index is 810. The molecule has 136 valence electrons. The van der Waals surface area contributed by atoms with Crippen molar-refractivity contribution >= 4 is 23.6 Å². The van der Waals surface area contributed by atoms with Gasteiger partial charge < -0.3 is 9.47 Å². The van der Waals surface area contributed by atoms with Gasteiger partial charge >= 0.3 is 0 Å². The minimum atomic E-state index is -0.833. The van der Waals surface area contributed by atoms with E-state index in [9.17, 15) is 9.59 Å². The van der Waals surface area contributed by atoms with Crippen LogP contribution in [0.3, 0.4) is 0 Å². The quantitative estimate of drug-likeness (QED) is 0.470. The monoisotopic (exact) mass is 374 g/mol. The minimum Gasteiger partial charge on any atom is -0.485 e. The summed E-state index contributed by atoms with van der Waals surface area (Å²) in [6.07, 6.45) is -0.833. The second-order valence-corrected chi connectivity index (χ2v) is 6.57. The second-order valence-electron chi connectivity index (χ2n) is 5.62. The van der Waals surface area contributed by atoms with E-state index in [1.807, 2.05) is 26.0 Å². The molecule has 0 spiro atoms. The number of benzene rings is 1. The summed E-state index contributed by atoms with van der Waals surface area (Å²) in [7, 11) is 0. The number of aryl methyl sites for hydroxylation is 2. The van der Waals surface area contributed by atoms with Crippen molar-refractivity contribution in [2.75, 3.05) is 12.4 Å². The lowest BCUT2D eigenvalue weighted by Crippen LogP contribution is -2.51. The van der Waals surface area contributed by atoms with Crippen LogP contribution < -0.4 is 20.3 Å². The molecule has 1 unspecified atom stereocenters. The Morgan fingerprint density at radius 2 is 1.85 bits per heavy atom. The number of hydrogen-bond donors (Lipinski definition) is 2. The third kappa shape index (κ3) is 4.63. The van der Waals surface area contributed by atoms with Gasteiger partial charge in [-0.3, -0.25) is 20.4 Å². The number of aromatic nitrogens is 2. The largest absolute Gasteiger partial charge is 0.485 e. The number of nitrogens with zero attached hydrogens (tertiary/aromatic N) is 2. The van der Waals surface area contributed by atoms with Crippen LogP contribution in [0.5, 0.6) is 11.5 Å². The highest BCUT2D eigenvalue weighted by Crippen LogP contribution is 2.30. The molecule has 2 aromatic rings. The Balaban J connectivity index is 1.45. The summed E-state index contributed by atoms with van der Waals surface area (Å²) >= 11 is 1.19. The first-order valence-electron chi connectivity index (χ1n) is 7.93. The van der Waals surface area contributed by atoms with Crippen LogP contribution in [0.25, 0.3) is 0 Å². The van der Waals surface area contributed by atoms with Gasteiger partial charge in [-0.2, -0.15) is 0 Å². The van der Waals surface area contributed by atoms with Gasteiger partial charge in [0.1, 0.15) is 6.61 Å². The molecule has 1 aromatic carbocycles. The molecule has 2 amide bonds. The lowest BCUT2D eigenvalue weighted by atomic mass is 10.2. The first-order chi connectivity index (χ1) is 12.5. The van der Waals surface area contributed by atoms with Crippen LogP contribution in [-0.4, -0.2) is 40.2 Å². The van der Waals surface area contributed by atoms with E-state index >= 15 is 0 Å². The van der Waals surface area contributed by atoms with Crippen LogP contribution in [0, 0.1) is 13.8 Å². The first kappa shape index (κ1) is 18.0. The molecule has 2 N–H and O–H groups in total. The normalized spacial score (nSPS) is 15.2. The van der Waals surface area contributed by atoms with Crippen molar-refractivity contribution in [2.45, 2.75) is 25.1 Å². The molecule has 0 saturated heterocycles. The van der Waals surface area contributed by atoms with Crippen LogP contribution in [0.4, 0.5) is 0 Å². The number of ether oxygens (including phenoxy) is 2. The molecule has 1 aliphatic rings. The van der Waals surface area contributed by atoms with Crippen LogP contribution in [0.1, 0.15) is 11.4 Å². The van der Waals surface area contributed by atoms with Crippen molar-refractivity contribution in [3.8, 4) is 11.5 Å². The summed E-state index contributed by atoms with van der Waals surface area (Å²) < 4.78 is 11.0. The van der Waals surface area contributed by atoms with Crippen molar-refractivity contribution in [3.63, 3.8) is 0 Å². The van der Waals surface area contributed by atoms with Crippen LogP contribution in [0.15, 0.2) is 35.5 Å². The molecule has 2 heterocycles. The van der Waals surface area contributed by atoms with Gasteiger partial charge in [0, 0.05) is 11.4 Å². The van der Waals surface area contributed by atoms with E-state index < -0.39 is 12.0 Å². The number of thioether (sulfide) groups is 1. The van der Waals surface area contributed by atoms with Gasteiger partial charge in [0.25, 0.3) is 5.91 Å². The van der Waals surface area contributed by atoms with Gasteiger partial charge in [0.2, 0.25) is 12.0 Å². The molecule has 1 aliphatic heterocycles. The number of rotatable bonds is 4. The number of nitrogens with one attached hydrogen (secondary N) is 2. The van der Waals surface area contributed by atoms with E-state index in [-0.39, 0.29) is 18.3 Å². The van der Waals surface area contributed by atoms with Gasteiger partial charge in [-0.1, -0.05) is 23.9 Å². The van der Waals surface area contributed by atoms with E-state index in [1.165, 1.54) is 11.8 Å². The number of hydrazine groups is 1. The molecule has 0 saturated carbocycles. The van der Waals surface area contributed by atoms with E-state index in [0.29, 0.717) is 16.7 Å². The number of fused-ring (bicyclic) bond motifs is 1. The summed E-state index contributed by atoms with van der Waals surface area (Å²) in [5.41, 5.74) is 6.37. The number of carbonyl (C=O) groups excluding carboxylic acids is 2. The second kappa shape index (κ2) is 8.05. The molecule has 1 aromatic heterocycles. The molecule has 26 heavy (non-hydrogen) atoms. The topological polar surface area (TPSA) is 102 Å². The molecular weight excluding hydrogens is 356 g/mol. The highest BCUT2D eigenvalue weighted by atomic mass is 32.2. The standard InChI is InChI=1S/C17H18N4O4S/c1-10-7-11(2)19-17(18-10)26-9-15(22)20-21-16(23)14-8-24-12-5-3-4-6-13(12)25-14/h3-7,14H,8-9H2,1-2H3,(H,20,22)(H,21,23). The predicted octanol–water partition coefficient (Wildman–Crippen LogP) is 1.17. The highest BCUT2D eigenvalue weighted by molar-refractivity contribution is 7.99. The lowest BCUT2D eigenvalue weighted by Gasteiger charge is -2.25. The molecule has 0 aliphatic carbocycles. The maximum atomic E-state index is 12.1. The van der Waals surface area contributed by atoms with Crippen molar-refractivity contribution in [1.82, 2.24) is 20.8 Å². The zero-order valence-corrected chi connectivity index (χ0v) is 15.1. The third-order valence-electron chi connectivity index (χ3n) is 3.42. The van der Waals surface area contributed by atoms with Crippen molar-refractivity contribution in [1.29, 1.82) is 0 Å². The molecule has 0 fully saturated rings. The number of amides is 2. The number of hydrogen-bond acceptors (Lipinski definition) is 7. The fourth-order valence-corrected chi connectivity index (χ4v) is 3.03. The van der Waals surface area contributed by atoms with Gasteiger partial charge in [0.05, 0.1) is 5.75 Å². The summed E-state index contributed by atoms with van der Waals surface area (Å²) in [5, 5.41) is 0.518. The zero-order chi connectivity index (χ0) is 18.5. The van der Waals surface area contributed by atoms with E-state index in [1.54, 1.807) is 18.2 Å². The van der Waals surface area contributed by atoms with Crippen LogP contribution >= 0.6 is 11.8 Å². The summed E-state index contributed by atoms with van der Waals surface area (Å²) in [5.74, 6) is 0.301. The van der Waals surface area contributed by atoms with Crippen LogP contribution in [0.2, 0.25) is 0 Å². The van der Waals surface area contributed by atoms with E-state index in [0.717, 1.165) is 11.4 Å². The van der Waals surface area contributed by atoms with Crippen molar-refractivity contribution in [3.05, 3.63) is 41.7 Å². The van der Waals surface area contributed by atoms with Crippen LogP contribution in [-0.2, 0) is 9.59 Å². The Labute approximate surface area is 154 Å². The molecule has 8 nitrogen and oxygen atoms in total. The Hall–Kier alpha value is -2.81. The fourth-order valence-electron chi connectivity index (χ4n) is 2.28. The lowest BCUT2D eigenvalue weighted by molar-refractivity contribution is -0.134. The maximum Gasteiger partial charge on any atom is 0.283 e. The Morgan fingerprint density at radius 1 is 1.15 bits per heavy atom. The van der Waals surface area contributed by atoms with Gasteiger partial charge in [-0.05, 0) is 32.0 Å². The van der Waals surface area contributed by atoms with Gasteiger partial charge in [-0.15, -0.1) is 0 Å². The van der Waals surface area contributed by atoms with E-state index in [2.05, 4.69) is 20.8 Å². The SMILES string of the molecule is Cc1cc(C)nc(SCC(=O)NNC(=O)C2COc3ccccc3O2)n1. The fraction of sp³-hybridized carbons (Fsp3) is 0.294. The molecular formula is C17H18N4O4S. The Kier molecular flexibility index (Phi) is 5.57. The summed E-state index contributed by atoms with van der Waals surface area (Å²) in [6, 6.07) is 8.94. The molecule has 1 atom stereocenters. The smallest absolute Gasteiger partial charge is 0.283 e. The average Bonchev–Trinajstić information content (AvgIpc) is 2.63. The molecule has 0 bridgehead atoms. The molecule has 0 radical (unpaired) electrons. The Morgan fingerprint density at radius 3 is 2.58 bits per heavy atom. The van der Waals surface area contributed by atoms with Crippen molar-refractivity contribution < 1.29 is 19.1 Å². The third-order valence-corrected chi connectivity index (χ3v) is 4.27. The van der Waals surface area contributed by atoms with Crippen molar-refractivity contribution in [2.24, 2.45) is 0 Å². The highest BCUT2D eigenvalue weighted by Gasteiger charge is 2.27. The summed E-state index contributed by atoms with van der Waals surface area (Å²) in [6.45, 7) is 3.80. The maximum absolute atomic E-state index is 12.1.